The molecule has 0 saturated carbocycles. The third kappa shape index (κ3) is 8.00. The number of nitrogens with two attached hydrogens (primary N) is 1. The molecular formula is C28H22ClN5O6S3. The van der Waals surface area contributed by atoms with Crippen LogP contribution >= 0.6 is 34.7 Å². The van der Waals surface area contributed by atoms with Crippen molar-refractivity contribution >= 4 is 79.7 Å². The smallest absolute Gasteiger partial charge is 0.267 e. The van der Waals surface area contributed by atoms with Crippen LogP contribution in [0.15, 0.2) is 103 Å². The van der Waals surface area contributed by atoms with Crippen molar-refractivity contribution in [2.75, 3.05) is 11.9 Å². The first-order chi connectivity index (χ1) is 20.7. The molecule has 0 aliphatic carbocycles. The number of halogens is 1. The minimum absolute atomic E-state index is 0.0786. The molecule has 4 aromatic rings. The van der Waals surface area contributed by atoms with Crippen LogP contribution < -0.4 is 15.2 Å². The van der Waals surface area contributed by atoms with E-state index >= 15 is 0 Å². The summed E-state index contributed by atoms with van der Waals surface area (Å²) >= 11 is 8.89. The summed E-state index contributed by atoms with van der Waals surface area (Å²) in [7, 11) is -3.85. The maximum atomic E-state index is 13.5. The van der Waals surface area contributed by atoms with E-state index in [1.165, 1.54) is 46.8 Å². The van der Waals surface area contributed by atoms with Crippen LogP contribution in [0.25, 0.3) is 6.08 Å². The maximum absolute atomic E-state index is 13.5. The molecule has 2 amide bonds. The Morgan fingerprint density at radius 1 is 1.14 bits per heavy atom. The highest BCUT2D eigenvalue weighted by Gasteiger charge is 2.34. The maximum Gasteiger partial charge on any atom is 0.267 e. The van der Waals surface area contributed by atoms with Crippen molar-refractivity contribution in [3.63, 3.8) is 0 Å². The van der Waals surface area contributed by atoms with Crippen molar-refractivity contribution in [2.45, 2.75) is 11.4 Å². The van der Waals surface area contributed by atoms with Crippen molar-refractivity contribution in [1.82, 2.24) is 4.90 Å². The molecule has 0 bridgehead atoms. The van der Waals surface area contributed by atoms with Crippen molar-refractivity contribution in [2.24, 2.45) is 15.3 Å². The summed E-state index contributed by atoms with van der Waals surface area (Å²) in [5.74, 6) is 0.0647. The van der Waals surface area contributed by atoms with Gasteiger partial charge < -0.3 is 14.5 Å². The predicted octanol–water partition coefficient (Wildman–Crippen LogP) is 5.17. The first-order valence-electron chi connectivity index (χ1n) is 12.4. The van der Waals surface area contributed by atoms with Crippen molar-refractivity contribution in [3.8, 4) is 5.75 Å². The summed E-state index contributed by atoms with van der Waals surface area (Å²) in [5, 5.41) is 18.9. The Bertz CT molecular complexity index is 1820. The van der Waals surface area contributed by atoms with Crippen LogP contribution in [0.1, 0.15) is 16.2 Å². The molecule has 0 spiro atoms. The van der Waals surface area contributed by atoms with Crippen molar-refractivity contribution < 1.29 is 27.2 Å². The normalized spacial score (nSPS) is 15.6. The first kappa shape index (κ1) is 30.3. The van der Waals surface area contributed by atoms with E-state index in [9.17, 15) is 18.0 Å². The number of primary sulfonamides is 1. The Hall–Kier alpha value is -4.21. The quantitative estimate of drug-likeness (QED) is 0.136. The topological polar surface area (TPSA) is 157 Å². The Balaban J connectivity index is 1.33. The number of anilines is 1. The lowest BCUT2D eigenvalue weighted by Crippen LogP contribution is -2.28. The summed E-state index contributed by atoms with van der Waals surface area (Å²) in [6.07, 6.45) is 4.74. The lowest BCUT2D eigenvalue weighted by molar-refractivity contribution is -0.122. The number of benzene rings is 2. The molecule has 3 N–H and O–H groups in total. The van der Waals surface area contributed by atoms with Gasteiger partial charge in [0.05, 0.1) is 28.8 Å². The number of ether oxygens (including phenoxy) is 1. The predicted molar refractivity (Wildman–Crippen MR) is 168 cm³/mol. The van der Waals surface area contributed by atoms with Gasteiger partial charge in [0, 0.05) is 21.2 Å². The molecule has 0 radical (unpaired) electrons. The van der Waals surface area contributed by atoms with E-state index in [1.807, 2.05) is 17.5 Å². The summed E-state index contributed by atoms with van der Waals surface area (Å²) in [6.45, 7) is -0.217. The fraction of sp³-hybridized carbons (Fsp3) is 0.0714. The number of carbonyl (C=O) groups excluding carboxylic acids is 2. The van der Waals surface area contributed by atoms with Gasteiger partial charge in [-0.3, -0.25) is 14.5 Å². The Kier molecular flexibility index (Phi) is 9.43. The van der Waals surface area contributed by atoms with Crippen LogP contribution in [0.4, 0.5) is 5.69 Å². The molecule has 5 rings (SSSR count). The number of thioether (sulfide) groups is 1. The fourth-order valence-corrected chi connectivity index (χ4v) is 5.95. The summed E-state index contributed by atoms with van der Waals surface area (Å²) in [5.41, 5.74) is 0.826. The molecule has 2 aromatic carbocycles. The zero-order chi connectivity index (χ0) is 30.4. The van der Waals surface area contributed by atoms with Gasteiger partial charge in [-0.15, -0.1) is 16.4 Å². The average molecular weight is 656 g/mol. The van der Waals surface area contributed by atoms with Crippen LogP contribution in [-0.2, 0) is 26.2 Å². The van der Waals surface area contributed by atoms with Crippen LogP contribution in [0.2, 0.25) is 5.02 Å². The van der Waals surface area contributed by atoms with Crippen LogP contribution in [-0.4, -0.2) is 43.1 Å². The number of amides is 2. The largest absolute Gasteiger partial charge is 0.483 e. The highest BCUT2D eigenvalue weighted by Crippen LogP contribution is 2.36. The standard InChI is InChI=1S/C28H22ClN5O6S3/c29-19-5-10-24(40-17-26(35)32-20-6-8-23(9-7-20)43(30,37)38)18(13-19)14-25-27(36)34(16-21-3-1-11-39-21)28(42-25)33-31-15-22-4-2-12-41-22/h1-15H,16-17H2,(H,32,35)(H2,30,37,38)/b25-14-,31-15-,33-28+. The number of nitrogens with zero attached hydrogens (tertiary/aromatic N) is 3. The lowest BCUT2D eigenvalue weighted by atomic mass is 10.2. The van der Waals surface area contributed by atoms with Crippen LogP contribution in [0.5, 0.6) is 5.75 Å². The number of nitrogens with one attached hydrogen (secondary N) is 1. The van der Waals surface area contributed by atoms with Crippen LogP contribution in [0.3, 0.4) is 0 Å². The number of rotatable bonds is 10. The highest BCUT2D eigenvalue weighted by molar-refractivity contribution is 8.18. The second-order valence-corrected chi connectivity index (χ2v) is 12.8. The van der Waals surface area contributed by atoms with Gasteiger partial charge in [0.15, 0.2) is 11.8 Å². The molecule has 43 heavy (non-hydrogen) atoms. The summed E-state index contributed by atoms with van der Waals surface area (Å²) in [4.78, 5) is 28.6. The van der Waals surface area contributed by atoms with E-state index < -0.39 is 15.9 Å². The molecule has 0 atom stereocenters. The number of carbonyl (C=O) groups is 2. The van der Waals surface area contributed by atoms with Gasteiger partial charge in [-0.1, -0.05) is 17.7 Å². The molecule has 15 heteroatoms. The molecule has 220 valence electrons. The molecule has 1 saturated heterocycles. The van der Waals surface area contributed by atoms with Crippen LogP contribution in [0, 0.1) is 0 Å². The molecular weight excluding hydrogens is 634 g/mol. The molecule has 2 aromatic heterocycles. The van der Waals surface area contributed by atoms with Gasteiger partial charge in [0.25, 0.3) is 11.8 Å². The Morgan fingerprint density at radius 3 is 2.65 bits per heavy atom. The van der Waals surface area contributed by atoms with Gasteiger partial charge in [0.1, 0.15) is 11.5 Å². The SMILES string of the molecule is NS(=O)(=O)c1ccc(NC(=O)COc2ccc(Cl)cc2/C=C2\S/C(=N/N=C\c3cccs3)N(Cc3ccco3)C2=O)cc1. The highest BCUT2D eigenvalue weighted by atomic mass is 35.5. The van der Waals surface area contributed by atoms with Gasteiger partial charge in [-0.2, -0.15) is 5.10 Å². The molecule has 3 heterocycles. The molecule has 1 fully saturated rings. The first-order valence-corrected chi connectivity index (χ1v) is 16.0. The molecule has 11 nitrogen and oxygen atoms in total. The van der Waals surface area contributed by atoms with E-state index in [0.29, 0.717) is 37.9 Å². The fourth-order valence-electron chi connectivity index (χ4n) is 3.75. The third-order valence-corrected chi connectivity index (χ3v) is 8.71. The van der Waals surface area contributed by atoms with Crippen molar-refractivity contribution in [1.29, 1.82) is 0 Å². The Morgan fingerprint density at radius 2 is 1.95 bits per heavy atom. The second-order valence-electron chi connectivity index (χ2n) is 8.81. The number of furan rings is 1. The van der Waals surface area contributed by atoms with E-state index in [4.69, 9.17) is 25.9 Å². The average Bonchev–Trinajstić information content (AvgIpc) is 3.73. The molecule has 1 aliphatic heterocycles. The van der Waals surface area contributed by atoms with Gasteiger partial charge in [0.2, 0.25) is 10.0 Å². The zero-order valence-electron chi connectivity index (χ0n) is 22.0. The monoisotopic (exact) mass is 655 g/mol. The van der Waals surface area contributed by atoms with E-state index in [1.54, 1.807) is 42.6 Å². The van der Waals surface area contributed by atoms with Gasteiger partial charge >= 0.3 is 0 Å². The van der Waals surface area contributed by atoms with Crippen molar-refractivity contribution in [3.05, 3.63) is 105 Å². The molecule has 1 aliphatic rings. The van der Waals surface area contributed by atoms with E-state index in [2.05, 4.69) is 15.5 Å². The summed E-state index contributed by atoms with van der Waals surface area (Å²) < 4.78 is 34.1. The minimum atomic E-state index is -3.85. The number of thiophene rings is 1. The van der Waals surface area contributed by atoms with Gasteiger partial charge in [-0.05, 0) is 83.9 Å². The minimum Gasteiger partial charge on any atom is -0.483 e. The number of sulfonamides is 1. The Labute approximate surface area is 259 Å². The zero-order valence-corrected chi connectivity index (χ0v) is 25.3. The van der Waals surface area contributed by atoms with E-state index in [-0.39, 0.29) is 24.0 Å². The van der Waals surface area contributed by atoms with E-state index in [0.717, 1.165) is 16.6 Å². The third-order valence-electron chi connectivity index (χ3n) is 5.74. The molecule has 0 unspecified atom stereocenters. The number of amidine groups is 1. The summed E-state index contributed by atoms with van der Waals surface area (Å²) in [6, 6.07) is 17.5. The lowest BCUT2D eigenvalue weighted by Gasteiger charge is -2.13. The van der Waals surface area contributed by atoms with Gasteiger partial charge in [-0.25, -0.2) is 13.6 Å². The number of hydrogen-bond donors (Lipinski definition) is 2. The number of hydrogen-bond acceptors (Lipinski definition) is 10. The second kappa shape index (κ2) is 13.4.